The lowest BCUT2D eigenvalue weighted by atomic mass is 10.2. The van der Waals surface area contributed by atoms with E-state index in [-0.39, 0.29) is 11.7 Å². The Hall–Kier alpha value is -3.03. The summed E-state index contributed by atoms with van der Waals surface area (Å²) in [5.74, 6) is -0.0480. The number of rotatable bonds is 6. The van der Waals surface area contributed by atoms with Gasteiger partial charge in [0.25, 0.3) is 0 Å². The molecule has 2 aromatic heterocycles. The first-order chi connectivity index (χ1) is 14.1. The van der Waals surface area contributed by atoms with Crippen molar-refractivity contribution in [3.05, 3.63) is 82.1 Å². The second kappa shape index (κ2) is 8.55. The zero-order valence-corrected chi connectivity index (χ0v) is 16.8. The van der Waals surface area contributed by atoms with Gasteiger partial charge in [0.05, 0.1) is 5.69 Å². The molecular weight excluding hydrogens is 411 g/mol. The van der Waals surface area contributed by atoms with E-state index in [1.807, 2.05) is 23.6 Å². The molecule has 146 valence electrons. The molecule has 0 saturated heterocycles. The van der Waals surface area contributed by atoms with Gasteiger partial charge in [0, 0.05) is 35.0 Å². The van der Waals surface area contributed by atoms with E-state index in [9.17, 15) is 9.18 Å². The lowest BCUT2D eigenvalue weighted by Crippen LogP contribution is -2.23. The lowest BCUT2D eigenvalue weighted by Gasteiger charge is -2.02. The Morgan fingerprint density at radius 1 is 1.24 bits per heavy atom. The van der Waals surface area contributed by atoms with Crippen molar-refractivity contribution in [1.29, 1.82) is 0 Å². The fourth-order valence-corrected chi connectivity index (χ4v) is 3.85. The van der Waals surface area contributed by atoms with E-state index in [0.29, 0.717) is 29.4 Å². The molecule has 1 N–H and O–H groups in total. The van der Waals surface area contributed by atoms with E-state index in [2.05, 4.69) is 15.4 Å². The van der Waals surface area contributed by atoms with E-state index in [4.69, 9.17) is 11.6 Å². The van der Waals surface area contributed by atoms with Gasteiger partial charge >= 0.3 is 0 Å². The third kappa shape index (κ3) is 4.52. The van der Waals surface area contributed by atoms with Gasteiger partial charge in [-0.1, -0.05) is 41.9 Å². The molecule has 0 fully saturated rings. The number of carbonyl (C=O) groups excluding carboxylic acids is 1. The number of fused-ring (bicyclic) bond motifs is 1. The maximum atomic E-state index is 13.4. The molecule has 4 rings (SSSR count). The molecule has 1 amide bonds. The van der Waals surface area contributed by atoms with Crippen LogP contribution in [0.25, 0.3) is 22.4 Å². The Labute approximate surface area is 175 Å². The Morgan fingerprint density at radius 3 is 2.93 bits per heavy atom. The average Bonchev–Trinajstić information content (AvgIpc) is 3.29. The first-order valence-corrected chi connectivity index (χ1v) is 10.2. The zero-order chi connectivity index (χ0) is 20.2. The Kier molecular flexibility index (Phi) is 5.69. The van der Waals surface area contributed by atoms with Gasteiger partial charge in [0.2, 0.25) is 10.9 Å². The largest absolute Gasteiger partial charge is 0.352 e. The van der Waals surface area contributed by atoms with Crippen LogP contribution in [-0.4, -0.2) is 27.0 Å². The quantitative estimate of drug-likeness (QED) is 0.457. The number of nitrogens with zero attached hydrogens (tertiary/aromatic N) is 3. The second-order valence-corrected chi connectivity index (χ2v) is 7.51. The van der Waals surface area contributed by atoms with Gasteiger partial charge in [0.1, 0.15) is 5.82 Å². The van der Waals surface area contributed by atoms with E-state index in [1.54, 1.807) is 28.8 Å². The highest BCUT2D eigenvalue weighted by molar-refractivity contribution is 7.15. The predicted molar refractivity (Wildman–Crippen MR) is 113 cm³/mol. The molecule has 0 spiro atoms. The van der Waals surface area contributed by atoms with Crippen molar-refractivity contribution in [1.82, 2.24) is 19.9 Å². The highest BCUT2D eigenvalue weighted by atomic mass is 35.5. The summed E-state index contributed by atoms with van der Waals surface area (Å²) < 4.78 is 15.2. The number of benzene rings is 2. The minimum absolute atomic E-state index is 0.199. The van der Waals surface area contributed by atoms with E-state index in [1.165, 1.54) is 29.5 Å². The van der Waals surface area contributed by atoms with Crippen LogP contribution in [0.5, 0.6) is 0 Å². The van der Waals surface area contributed by atoms with Crippen molar-refractivity contribution in [2.45, 2.75) is 6.42 Å². The molecule has 0 aliphatic heterocycles. The summed E-state index contributed by atoms with van der Waals surface area (Å²) in [4.78, 5) is 17.2. The van der Waals surface area contributed by atoms with Crippen LogP contribution >= 0.6 is 22.9 Å². The van der Waals surface area contributed by atoms with Crippen LogP contribution in [-0.2, 0) is 11.2 Å². The number of halogens is 2. The van der Waals surface area contributed by atoms with Crippen LogP contribution in [0.15, 0.2) is 60.0 Å². The zero-order valence-electron chi connectivity index (χ0n) is 15.2. The highest BCUT2D eigenvalue weighted by Crippen LogP contribution is 2.21. The average molecular weight is 427 g/mol. The minimum Gasteiger partial charge on any atom is -0.352 e. The summed E-state index contributed by atoms with van der Waals surface area (Å²) in [6, 6.07) is 13.5. The van der Waals surface area contributed by atoms with Crippen molar-refractivity contribution >= 4 is 39.9 Å². The lowest BCUT2D eigenvalue weighted by molar-refractivity contribution is -0.116. The molecule has 2 heterocycles. The van der Waals surface area contributed by atoms with Crippen LogP contribution in [0.4, 0.5) is 4.39 Å². The molecule has 0 unspecified atom stereocenters. The normalized spacial score (nSPS) is 11.4. The first kappa shape index (κ1) is 19.3. The second-order valence-electron chi connectivity index (χ2n) is 6.26. The van der Waals surface area contributed by atoms with Gasteiger partial charge in [-0.2, -0.15) is 4.98 Å². The number of hydrogen-bond acceptors (Lipinski definition) is 4. The summed E-state index contributed by atoms with van der Waals surface area (Å²) in [5.41, 5.74) is 2.34. The topological polar surface area (TPSA) is 59.3 Å². The minimum atomic E-state index is -0.326. The molecule has 5 nitrogen and oxygen atoms in total. The molecular formula is C21H16ClFN4OS. The number of hydrogen-bond donors (Lipinski definition) is 1. The van der Waals surface area contributed by atoms with Crippen LogP contribution in [0.3, 0.4) is 0 Å². The monoisotopic (exact) mass is 426 g/mol. The third-order valence-electron chi connectivity index (χ3n) is 4.23. The Bertz CT molecular complexity index is 1200. The fourth-order valence-electron chi connectivity index (χ4n) is 2.79. The predicted octanol–water partition coefficient (Wildman–Crippen LogP) is 4.62. The van der Waals surface area contributed by atoms with Crippen LogP contribution in [0, 0.1) is 5.82 Å². The maximum Gasteiger partial charge on any atom is 0.244 e. The molecule has 0 aliphatic rings. The molecule has 8 heteroatoms. The van der Waals surface area contributed by atoms with Gasteiger partial charge in [-0.25, -0.2) is 8.91 Å². The van der Waals surface area contributed by atoms with Gasteiger partial charge in [0.15, 0.2) is 5.82 Å². The number of amides is 1. The molecule has 29 heavy (non-hydrogen) atoms. The summed E-state index contributed by atoms with van der Waals surface area (Å²) >= 11 is 7.53. The smallest absolute Gasteiger partial charge is 0.244 e. The molecule has 0 atom stereocenters. The molecule has 0 bridgehead atoms. The van der Waals surface area contributed by atoms with Crippen LogP contribution in [0.1, 0.15) is 11.3 Å². The van der Waals surface area contributed by atoms with Crippen molar-refractivity contribution < 1.29 is 9.18 Å². The molecule has 0 radical (unpaired) electrons. The van der Waals surface area contributed by atoms with Crippen molar-refractivity contribution in [2.75, 3.05) is 6.54 Å². The number of carbonyl (C=O) groups is 1. The van der Waals surface area contributed by atoms with E-state index < -0.39 is 0 Å². The highest BCUT2D eigenvalue weighted by Gasteiger charge is 2.12. The summed E-state index contributed by atoms with van der Waals surface area (Å²) in [6.07, 6.45) is 3.74. The van der Waals surface area contributed by atoms with E-state index in [0.717, 1.165) is 16.2 Å². The van der Waals surface area contributed by atoms with Crippen molar-refractivity contribution in [3.63, 3.8) is 0 Å². The molecule has 0 aliphatic carbocycles. The maximum absolute atomic E-state index is 13.4. The van der Waals surface area contributed by atoms with Gasteiger partial charge < -0.3 is 5.32 Å². The number of aromatic nitrogens is 3. The summed E-state index contributed by atoms with van der Waals surface area (Å²) in [7, 11) is 0. The fraction of sp³-hybridized carbons (Fsp3) is 0.0952. The number of thiazole rings is 1. The van der Waals surface area contributed by atoms with Crippen molar-refractivity contribution in [2.24, 2.45) is 0 Å². The standard InChI is InChI=1S/C21H16ClFN4OS/c22-18-7-2-1-4-14(18)8-9-19(28)24-11-10-17-13-29-21-25-20(26-27(17)21)15-5-3-6-16(23)12-15/h1-9,12-13H,10-11H2,(H,24,28)/b9-8+. The number of nitrogens with one attached hydrogen (secondary N) is 1. The Morgan fingerprint density at radius 2 is 2.10 bits per heavy atom. The van der Waals surface area contributed by atoms with Crippen LogP contribution in [0.2, 0.25) is 5.02 Å². The first-order valence-electron chi connectivity index (χ1n) is 8.90. The summed E-state index contributed by atoms with van der Waals surface area (Å²) in [5, 5.41) is 9.87. The molecule has 0 saturated carbocycles. The molecule has 4 aromatic rings. The van der Waals surface area contributed by atoms with Gasteiger partial charge in [-0.05, 0) is 29.8 Å². The van der Waals surface area contributed by atoms with Gasteiger partial charge in [-0.3, -0.25) is 4.79 Å². The Balaban J connectivity index is 1.38. The van der Waals surface area contributed by atoms with Crippen LogP contribution < -0.4 is 5.32 Å². The van der Waals surface area contributed by atoms with Gasteiger partial charge in [-0.15, -0.1) is 16.4 Å². The summed E-state index contributed by atoms with van der Waals surface area (Å²) in [6.45, 7) is 0.451. The van der Waals surface area contributed by atoms with Crippen molar-refractivity contribution in [3.8, 4) is 11.4 Å². The third-order valence-corrected chi connectivity index (χ3v) is 5.44. The van der Waals surface area contributed by atoms with E-state index >= 15 is 0 Å². The molecule has 2 aromatic carbocycles. The SMILES string of the molecule is O=C(/C=C/c1ccccc1Cl)NCCc1csc2nc(-c3cccc(F)c3)nn12.